The van der Waals surface area contributed by atoms with Crippen LogP contribution in [0.2, 0.25) is 0 Å². The number of benzene rings is 2. The van der Waals surface area contributed by atoms with Crippen molar-refractivity contribution in [3.63, 3.8) is 0 Å². The van der Waals surface area contributed by atoms with Crippen molar-refractivity contribution in [1.82, 2.24) is 4.90 Å². The third-order valence-corrected chi connectivity index (χ3v) is 4.19. The zero-order valence-electron chi connectivity index (χ0n) is 14.4. The van der Waals surface area contributed by atoms with Crippen LogP contribution in [-0.2, 0) is 11.3 Å². The fourth-order valence-electron chi connectivity index (χ4n) is 2.79. The highest BCUT2D eigenvalue weighted by Crippen LogP contribution is 2.28. The van der Waals surface area contributed by atoms with E-state index in [0.29, 0.717) is 24.8 Å². The number of hydrogen-bond acceptors (Lipinski definition) is 3. The first-order valence-electron chi connectivity index (χ1n) is 8.66. The lowest BCUT2D eigenvalue weighted by Gasteiger charge is -2.21. The molecule has 3 rings (SSSR count). The number of carbonyl (C=O) groups is 1. The third kappa shape index (κ3) is 5.03. The highest BCUT2D eigenvalue weighted by atomic mass is 19.1. The van der Waals surface area contributed by atoms with Crippen LogP contribution in [0.15, 0.2) is 48.5 Å². The maximum Gasteiger partial charge on any atom is 0.238 e. The van der Waals surface area contributed by atoms with E-state index in [2.05, 4.69) is 5.32 Å². The fraction of sp³-hybridized carbons (Fsp3) is 0.350. The summed E-state index contributed by atoms with van der Waals surface area (Å²) < 4.78 is 19.3. The van der Waals surface area contributed by atoms with Crippen molar-refractivity contribution < 1.29 is 13.9 Å². The molecule has 0 bridgehead atoms. The Morgan fingerprint density at radius 1 is 1.20 bits per heavy atom. The van der Waals surface area contributed by atoms with Crippen molar-refractivity contribution >= 4 is 11.6 Å². The number of amides is 1. The molecular formula is C20H23FN2O2. The van der Waals surface area contributed by atoms with Gasteiger partial charge in [-0.05, 0) is 50.1 Å². The largest absolute Gasteiger partial charge is 0.494 e. The number of halogens is 1. The molecule has 0 saturated heterocycles. The number of rotatable bonds is 8. The predicted molar refractivity (Wildman–Crippen MR) is 96.1 cm³/mol. The zero-order chi connectivity index (χ0) is 17.6. The summed E-state index contributed by atoms with van der Waals surface area (Å²) in [6, 6.07) is 14.4. The topological polar surface area (TPSA) is 41.6 Å². The average molecular weight is 342 g/mol. The van der Waals surface area contributed by atoms with E-state index < -0.39 is 0 Å². The van der Waals surface area contributed by atoms with E-state index in [1.165, 1.54) is 6.07 Å². The van der Waals surface area contributed by atoms with E-state index in [-0.39, 0.29) is 18.3 Å². The highest BCUT2D eigenvalue weighted by molar-refractivity contribution is 5.92. The van der Waals surface area contributed by atoms with E-state index in [0.717, 1.165) is 24.3 Å². The molecule has 0 unspecified atom stereocenters. The molecule has 2 aromatic carbocycles. The van der Waals surface area contributed by atoms with Crippen LogP contribution in [0.4, 0.5) is 10.1 Å². The van der Waals surface area contributed by atoms with E-state index in [1.807, 2.05) is 42.2 Å². The number of ether oxygens (including phenoxy) is 1. The number of nitrogens with one attached hydrogen (secondary N) is 1. The first-order valence-corrected chi connectivity index (χ1v) is 8.66. The molecular weight excluding hydrogens is 319 g/mol. The molecule has 1 amide bonds. The summed E-state index contributed by atoms with van der Waals surface area (Å²) in [6.07, 6.45) is 2.12. The molecule has 1 fully saturated rings. The molecule has 5 heteroatoms. The molecule has 0 spiro atoms. The standard InChI is InChI=1S/C20H23FN2O2/c1-2-25-18-11-7-16(8-12-18)22-20(24)14-23(17-9-10-17)13-15-5-3-4-6-19(15)21/h3-8,11-12,17H,2,9-10,13-14H2,1H3,(H,22,24). The molecule has 4 nitrogen and oxygen atoms in total. The van der Waals surface area contributed by atoms with Gasteiger partial charge in [0.1, 0.15) is 11.6 Å². The SMILES string of the molecule is CCOc1ccc(NC(=O)CN(Cc2ccccc2F)C2CC2)cc1. The van der Waals surface area contributed by atoms with E-state index in [1.54, 1.807) is 12.1 Å². The maximum atomic E-state index is 13.9. The van der Waals surface area contributed by atoms with Crippen LogP contribution in [0, 0.1) is 5.82 Å². The van der Waals surface area contributed by atoms with Crippen LogP contribution in [0.25, 0.3) is 0 Å². The quantitative estimate of drug-likeness (QED) is 0.793. The molecule has 0 heterocycles. The normalized spacial score (nSPS) is 13.7. The Hall–Kier alpha value is -2.40. The van der Waals surface area contributed by atoms with Crippen molar-refractivity contribution in [2.24, 2.45) is 0 Å². The maximum absolute atomic E-state index is 13.9. The fourth-order valence-corrected chi connectivity index (χ4v) is 2.79. The van der Waals surface area contributed by atoms with Crippen LogP contribution >= 0.6 is 0 Å². The number of nitrogens with zero attached hydrogens (tertiary/aromatic N) is 1. The smallest absolute Gasteiger partial charge is 0.238 e. The molecule has 25 heavy (non-hydrogen) atoms. The monoisotopic (exact) mass is 342 g/mol. The Bertz CT molecular complexity index is 714. The van der Waals surface area contributed by atoms with Gasteiger partial charge in [0.05, 0.1) is 13.2 Å². The van der Waals surface area contributed by atoms with E-state index in [9.17, 15) is 9.18 Å². The van der Waals surface area contributed by atoms with Crippen LogP contribution in [0.3, 0.4) is 0 Å². The summed E-state index contributed by atoms with van der Waals surface area (Å²) in [7, 11) is 0. The van der Waals surface area contributed by atoms with E-state index in [4.69, 9.17) is 4.74 Å². The predicted octanol–water partition coefficient (Wildman–Crippen LogP) is 3.83. The van der Waals surface area contributed by atoms with Gasteiger partial charge in [0.2, 0.25) is 5.91 Å². The Balaban J connectivity index is 1.58. The molecule has 0 radical (unpaired) electrons. The third-order valence-electron chi connectivity index (χ3n) is 4.19. The average Bonchev–Trinajstić information content (AvgIpc) is 3.43. The van der Waals surface area contributed by atoms with Gasteiger partial charge in [-0.15, -0.1) is 0 Å². The second kappa shape index (κ2) is 8.12. The van der Waals surface area contributed by atoms with Gasteiger partial charge in [0, 0.05) is 23.8 Å². The van der Waals surface area contributed by atoms with Crippen molar-refractivity contribution in [1.29, 1.82) is 0 Å². The van der Waals surface area contributed by atoms with Gasteiger partial charge >= 0.3 is 0 Å². The van der Waals surface area contributed by atoms with Crippen LogP contribution < -0.4 is 10.1 Å². The Morgan fingerprint density at radius 3 is 2.56 bits per heavy atom. The van der Waals surface area contributed by atoms with Gasteiger partial charge in [0.15, 0.2) is 0 Å². The molecule has 0 aliphatic heterocycles. The lowest BCUT2D eigenvalue weighted by atomic mass is 10.2. The van der Waals surface area contributed by atoms with Gasteiger partial charge in [0.25, 0.3) is 0 Å². The summed E-state index contributed by atoms with van der Waals surface area (Å²) >= 11 is 0. The minimum Gasteiger partial charge on any atom is -0.494 e. The van der Waals surface area contributed by atoms with E-state index >= 15 is 0 Å². The van der Waals surface area contributed by atoms with Gasteiger partial charge in [-0.3, -0.25) is 9.69 Å². The summed E-state index contributed by atoms with van der Waals surface area (Å²) in [5, 5.41) is 2.89. The van der Waals surface area contributed by atoms with Crippen LogP contribution in [0.1, 0.15) is 25.3 Å². The molecule has 1 N–H and O–H groups in total. The van der Waals surface area contributed by atoms with Gasteiger partial charge in [-0.1, -0.05) is 18.2 Å². The first kappa shape index (κ1) is 17.4. The Labute approximate surface area is 147 Å². The molecule has 0 atom stereocenters. The Kier molecular flexibility index (Phi) is 5.66. The molecule has 1 aliphatic carbocycles. The minimum absolute atomic E-state index is 0.0904. The zero-order valence-corrected chi connectivity index (χ0v) is 14.4. The van der Waals surface area contributed by atoms with Crippen LogP contribution in [0.5, 0.6) is 5.75 Å². The molecule has 1 saturated carbocycles. The van der Waals surface area contributed by atoms with Gasteiger partial charge in [-0.25, -0.2) is 4.39 Å². The number of hydrogen-bond donors (Lipinski definition) is 1. The number of carbonyl (C=O) groups excluding carboxylic acids is 1. The molecule has 2 aromatic rings. The summed E-state index contributed by atoms with van der Waals surface area (Å²) in [5.74, 6) is 0.465. The number of anilines is 1. The minimum atomic E-state index is -0.222. The van der Waals surface area contributed by atoms with Crippen molar-refractivity contribution in [3.8, 4) is 5.75 Å². The first-order chi connectivity index (χ1) is 12.2. The van der Waals surface area contributed by atoms with Gasteiger partial charge < -0.3 is 10.1 Å². The van der Waals surface area contributed by atoms with Crippen molar-refractivity contribution in [3.05, 3.63) is 59.9 Å². The summed E-state index contributed by atoms with van der Waals surface area (Å²) in [6.45, 7) is 3.25. The molecule has 1 aliphatic rings. The summed E-state index contributed by atoms with van der Waals surface area (Å²) in [4.78, 5) is 14.4. The second-order valence-electron chi connectivity index (χ2n) is 6.23. The van der Waals surface area contributed by atoms with Gasteiger partial charge in [-0.2, -0.15) is 0 Å². The lowest BCUT2D eigenvalue weighted by Crippen LogP contribution is -2.34. The second-order valence-corrected chi connectivity index (χ2v) is 6.23. The highest BCUT2D eigenvalue weighted by Gasteiger charge is 2.30. The molecule has 132 valence electrons. The Morgan fingerprint density at radius 2 is 1.92 bits per heavy atom. The lowest BCUT2D eigenvalue weighted by molar-refractivity contribution is -0.117. The van der Waals surface area contributed by atoms with Crippen molar-refractivity contribution in [2.45, 2.75) is 32.4 Å². The summed E-state index contributed by atoms with van der Waals surface area (Å²) in [5.41, 5.74) is 1.36. The van der Waals surface area contributed by atoms with Crippen molar-refractivity contribution in [2.75, 3.05) is 18.5 Å². The molecule has 0 aromatic heterocycles. The van der Waals surface area contributed by atoms with Crippen LogP contribution in [-0.4, -0.2) is 30.0 Å².